The lowest BCUT2D eigenvalue weighted by Crippen LogP contribution is -2.65. The summed E-state index contributed by atoms with van der Waals surface area (Å²) in [7, 11) is 0. The fraction of sp³-hybridized carbons (Fsp3) is 0.281. The van der Waals surface area contributed by atoms with E-state index in [1.807, 2.05) is 22.7 Å². The van der Waals surface area contributed by atoms with Gasteiger partial charge in [0.1, 0.15) is 11.5 Å². The molecule has 0 spiro atoms. The first kappa shape index (κ1) is 65.8. The number of aryl methyl sites for hydroxylation is 3. The van der Waals surface area contributed by atoms with E-state index in [-0.39, 0.29) is 47.2 Å². The Balaban J connectivity index is 0.914. The van der Waals surface area contributed by atoms with Crippen molar-refractivity contribution in [1.82, 2.24) is 0 Å². The lowest BCUT2D eigenvalue weighted by Gasteiger charge is -2.46. The van der Waals surface area contributed by atoms with Crippen LogP contribution in [0.25, 0.3) is 20.2 Å². The number of anilines is 13. The molecule has 10 aromatic carbocycles. The molecular formula is C89H88B3N5OS4. The van der Waals surface area contributed by atoms with E-state index in [1.165, 1.54) is 181 Å². The zero-order chi connectivity index (χ0) is 71.2. The van der Waals surface area contributed by atoms with Gasteiger partial charge in [0.2, 0.25) is 0 Å². The number of hydrogen-bond acceptors (Lipinski definition) is 10. The average Bonchev–Trinajstić information content (AvgIpc) is 1.20. The topological polar surface area (TPSA) is 25.4 Å². The Bertz CT molecular complexity index is 5580. The summed E-state index contributed by atoms with van der Waals surface area (Å²) in [6.07, 6.45) is 4.50. The molecular weight excluding hydrogens is 1320 g/mol. The highest BCUT2D eigenvalue weighted by molar-refractivity contribution is 8.00. The summed E-state index contributed by atoms with van der Waals surface area (Å²) in [4.78, 5) is 7.92. The van der Waals surface area contributed by atoms with Crippen LogP contribution in [0.5, 0.6) is 11.5 Å². The van der Waals surface area contributed by atoms with Crippen molar-refractivity contribution >= 4 is 209 Å². The van der Waals surface area contributed by atoms with Gasteiger partial charge in [-0.25, -0.2) is 0 Å². The van der Waals surface area contributed by atoms with Crippen LogP contribution in [-0.4, -0.2) is 32.6 Å². The minimum Gasteiger partial charge on any atom is -0.458 e. The molecule has 508 valence electrons. The summed E-state index contributed by atoms with van der Waals surface area (Å²) < 4.78 is 18.0. The third-order valence-electron chi connectivity index (χ3n) is 22.7. The maximum atomic E-state index is 7.61. The largest absolute Gasteiger partial charge is 0.458 e. The molecule has 13 heteroatoms. The van der Waals surface area contributed by atoms with Gasteiger partial charge in [-0.1, -0.05) is 165 Å². The number of nitrogens with zero attached hydrogens (tertiary/aromatic N) is 5. The molecule has 12 aromatic rings. The molecule has 8 heterocycles. The fourth-order valence-electron chi connectivity index (χ4n) is 17.5. The maximum Gasteiger partial charge on any atom is 0.264 e. The number of thiophene rings is 2. The SMILES string of the molecule is CSN1c2cc3c(cc2B2c4cc5c(cc4Oc4cc(C)cc1c42)N(SC)c1cc(C)cc2c1B5c1sc4ccc(C(C)(C)C)cc4c1N2c1ccc(C(C)(C)C)cc1)B1c2sc4ccc(C(C)(C)C)cc4c2N(c2ccc(C(C)(C)C)cc2)c2cc(C)cc(c21)N3c1ccc(C(C)(C)C)cc1. The Kier molecular flexibility index (Phi) is 14.5. The zero-order valence-electron chi connectivity index (χ0n) is 62.7. The summed E-state index contributed by atoms with van der Waals surface area (Å²) in [5.74, 6) is 1.84. The predicted octanol–water partition coefficient (Wildman–Crippen LogP) is 20.0. The lowest BCUT2D eigenvalue weighted by atomic mass is 9.30. The Hall–Kier alpha value is -8.19. The summed E-state index contributed by atoms with van der Waals surface area (Å²) in [5.41, 5.74) is 35.0. The quantitative estimate of drug-likeness (QED) is 0.124. The average molecular weight is 1400 g/mol. The molecule has 0 unspecified atom stereocenters. The first-order valence-corrected chi connectivity index (χ1v) is 40.4. The number of hydrogen-bond donors (Lipinski definition) is 0. The Morgan fingerprint density at radius 1 is 0.314 bits per heavy atom. The molecule has 0 fully saturated rings. The van der Waals surface area contributed by atoms with E-state index in [1.54, 1.807) is 23.9 Å². The van der Waals surface area contributed by atoms with Crippen molar-refractivity contribution in [3.8, 4) is 11.5 Å². The minimum absolute atomic E-state index is 0.00176. The van der Waals surface area contributed by atoms with E-state index in [9.17, 15) is 0 Å². The van der Waals surface area contributed by atoms with E-state index >= 15 is 0 Å². The van der Waals surface area contributed by atoms with Crippen LogP contribution < -0.4 is 75.8 Å². The third kappa shape index (κ3) is 9.81. The van der Waals surface area contributed by atoms with Crippen molar-refractivity contribution < 1.29 is 4.74 Å². The molecule has 6 aliphatic rings. The van der Waals surface area contributed by atoms with Crippen molar-refractivity contribution in [3.63, 3.8) is 0 Å². The van der Waals surface area contributed by atoms with Crippen LogP contribution in [0.3, 0.4) is 0 Å². The van der Waals surface area contributed by atoms with Gasteiger partial charge in [-0.05, 0) is 258 Å². The second-order valence-electron chi connectivity index (χ2n) is 34.9. The van der Waals surface area contributed by atoms with E-state index in [0.29, 0.717) is 0 Å². The van der Waals surface area contributed by atoms with Crippen LogP contribution in [0, 0.1) is 20.8 Å². The molecule has 102 heavy (non-hydrogen) atoms. The smallest absolute Gasteiger partial charge is 0.264 e. The van der Waals surface area contributed by atoms with Gasteiger partial charge < -0.3 is 19.4 Å². The van der Waals surface area contributed by atoms with Crippen molar-refractivity contribution in [1.29, 1.82) is 0 Å². The first-order chi connectivity index (χ1) is 48.4. The van der Waals surface area contributed by atoms with Gasteiger partial charge in [0.15, 0.2) is 0 Å². The number of ether oxygens (including phenoxy) is 1. The molecule has 0 aliphatic carbocycles. The highest BCUT2D eigenvalue weighted by Crippen LogP contribution is 2.54. The van der Waals surface area contributed by atoms with Crippen LogP contribution in [-0.2, 0) is 27.1 Å². The lowest BCUT2D eigenvalue weighted by molar-refractivity contribution is 0.487. The molecule has 0 radical (unpaired) electrons. The summed E-state index contributed by atoms with van der Waals surface area (Å²) in [6, 6.07) is 68.1. The summed E-state index contributed by atoms with van der Waals surface area (Å²) in [5, 5.41) is 2.62. The van der Waals surface area contributed by atoms with Gasteiger partial charge in [-0.3, -0.25) is 8.61 Å². The standard InChI is InChI=1S/C89H88B3N5OS4/c1-49-37-69-78-70(38-49)94(58-31-23-53(24-32-58)86(7,8)9)81-60-43-55(88(13,14)15)27-35-76(60)101-83(81)91(78)62-45-63-67(47-66(62)93(69)57-29-21-52(22-30-57)85(4,5)6)96(99-19)73-41-51(3)42-75-80(73)90(63)65-46-64-68(48-74(65)98-75)97(100-20)72-40-50(2)39-71-79(72)92(64)84-82(61-44-56(89(16,17)18)28-36-77(61)102-84)95(71)59-33-25-54(26-34-59)87(10,11)12/h21-48H,1-20H3. The van der Waals surface area contributed by atoms with Crippen LogP contribution >= 0.6 is 46.6 Å². The normalized spacial score (nSPS) is 14.9. The zero-order valence-corrected chi connectivity index (χ0v) is 65.9. The number of rotatable bonds is 5. The number of fused-ring (bicyclic) bond motifs is 16. The molecule has 0 bridgehead atoms. The van der Waals surface area contributed by atoms with Crippen molar-refractivity contribution in [2.45, 2.75) is 152 Å². The Morgan fingerprint density at radius 2 is 0.667 bits per heavy atom. The molecule has 0 amide bonds. The van der Waals surface area contributed by atoms with Crippen LogP contribution in [0.4, 0.5) is 73.9 Å². The molecule has 2 aromatic heterocycles. The molecule has 0 atom stereocenters. The molecule has 0 saturated carbocycles. The van der Waals surface area contributed by atoms with Crippen LogP contribution in [0.2, 0.25) is 0 Å². The van der Waals surface area contributed by atoms with E-state index < -0.39 is 0 Å². The highest BCUT2D eigenvalue weighted by Gasteiger charge is 2.52. The second-order valence-corrected chi connectivity index (χ2v) is 38.5. The van der Waals surface area contributed by atoms with E-state index in [0.717, 1.165) is 17.2 Å². The molecule has 0 N–H and O–H groups in total. The summed E-state index contributed by atoms with van der Waals surface area (Å²) >= 11 is 7.56. The first-order valence-electron chi connectivity index (χ1n) is 36.4. The Morgan fingerprint density at radius 3 is 1.11 bits per heavy atom. The fourth-order valence-corrected chi connectivity index (χ4v) is 21.5. The van der Waals surface area contributed by atoms with Gasteiger partial charge >= 0.3 is 0 Å². The molecule has 0 saturated heterocycles. The van der Waals surface area contributed by atoms with Gasteiger partial charge in [-0.15, -0.1) is 22.7 Å². The maximum absolute atomic E-state index is 7.61. The van der Waals surface area contributed by atoms with Crippen molar-refractivity contribution in [2.24, 2.45) is 0 Å². The third-order valence-corrected chi connectivity index (χ3v) is 26.7. The van der Waals surface area contributed by atoms with Crippen LogP contribution in [0.15, 0.2) is 170 Å². The minimum atomic E-state index is -0.177. The van der Waals surface area contributed by atoms with Crippen LogP contribution in [0.1, 0.15) is 148 Å². The number of benzene rings is 10. The molecule has 6 aliphatic heterocycles. The second kappa shape index (κ2) is 22.4. The van der Waals surface area contributed by atoms with Gasteiger partial charge in [-0.2, -0.15) is 0 Å². The van der Waals surface area contributed by atoms with Gasteiger partial charge in [0.25, 0.3) is 20.1 Å². The highest BCUT2D eigenvalue weighted by atomic mass is 32.2. The van der Waals surface area contributed by atoms with E-state index in [2.05, 4.69) is 330 Å². The monoisotopic (exact) mass is 1400 g/mol. The van der Waals surface area contributed by atoms with Crippen molar-refractivity contribution in [2.75, 3.05) is 35.8 Å². The Labute approximate surface area is 622 Å². The molecule has 18 rings (SSSR count). The van der Waals surface area contributed by atoms with Gasteiger partial charge in [0, 0.05) is 93.8 Å². The van der Waals surface area contributed by atoms with E-state index in [4.69, 9.17) is 4.74 Å². The van der Waals surface area contributed by atoms with Crippen molar-refractivity contribution in [3.05, 3.63) is 214 Å². The summed E-state index contributed by atoms with van der Waals surface area (Å²) in [6.45, 7) is 41.5. The molecule has 6 nitrogen and oxygen atoms in total. The predicted molar refractivity (Wildman–Crippen MR) is 454 cm³/mol. The van der Waals surface area contributed by atoms with Gasteiger partial charge in [0.05, 0.1) is 28.4 Å².